The van der Waals surface area contributed by atoms with E-state index in [1.807, 2.05) is 36.8 Å². The molecule has 2 aromatic rings. The second-order valence-corrected chi connectivity index (χ2v) is 4.39. The number of rotatable bonds is 2. The fraction of sp³-hybridized carbons (Fsp3) is 0.273. The highest BCUT2D eigenvalue weighted by atomic mass is 32.1. The maximum Gasteiger partial charge on any atom is 0.194 e. The van der Waals surface area contributed by atoms with Crippen molar-refractivity contribution in [3.8, 4) is 5.13 Å². The first kappa shape index (κ1) is 10.1. The summed E-state index contributed by atoms with van der Waals surface area (Å²) in [6.45, 7) is 5.89. The highest BCUT2D eigenvalue weighted by molar-refractivity contribution is 7.12. The lowest BCUT2D eigenvalue weighted by Gasteiger charge is -2.03. The third kappa shape index (κ3) is 1.61. The molecule has 0 spiro atoms. The van der Waals surface area contributed by atoms with Crippen LogP contribution in [0.15, 0.2) is 11.4 Å². The molecule has 0 radical (unpaired) electrons. The number of aldehydes is 1. The van der Waals surface area contributed by atoms with Gasteiger partial charge in [0.15, 0.2) is 11.4 Å². The highest BCUT2D eigenvalue weighted by Crippen LogP contribution is 2.22. The van der Waals surface area contributed by atoms with Crippen LogP contribution in [0.5, 0.6) is 0 Å². The van der Waals surface area contributed by atoms with Gasteiger partial charge in [0.1, 0.15) is 0 Å². The molecule has 0 aromatic carbocycles. The van der Waals surface area contributed by atoms with E-state index in [9.17, 15) is 4.79 Å². The minimum Gasteiger partial charge on any atom is -0.298 e. The molecular formula is C11H12N2OS. The summed E-state index contributed by atoms with van der Waals surface area (Å²) < 4.78 is 2.02. The number of nitrogens with zero attached hydrogens (tertiary/aromatic N) is 2. The van der Waals surface area contributed by atoms with Gasteiger partial charge in [0.05, 0.1) is 5.69 Å². The van der Waals surface area contributed by atoms with Crippen LogP contribution in [-0.4, -0.2) is 15.8 Å². The van der Waals surface area contributed by atoms with Gasteiger partial charge >= 0.3 is 0 Å². The molecule has 2 heterocycles. The monoisotopic (exact) mass is 220 g/mol. The lowest BCUT2D eigenvalue weighted by molar-refractivity contribution is 0.112. The molecule has 2 rings (SSSR count). The Morgan fingerprint density at radius 2 is 2.13 bits per heavy atom. The lowest BCUT2D eigenvalue weighted by atomic mass is 10.3. The predicted molar refractivity (Wildman–Crippen MR) is 61.0 cm³/mol. The topological polar surface area (TPSA) is 34.9 Å². The number of hydrogen-bond donors (Lipinski definition) is 0. The minimum absolute atomic E-state index is 0.736. The van der Waals surface area contributed by atoms with Crippen LogP contribution >= 0.6 is 11.3 Å². The van der Waals surface area contributed by atoms with Gasteiger partial charge in [0.2, 0.25) is 0 Å². The Kier molecular flexibility index (Phi) is 2.44. The maximum absolute atomic E-state index is 10.8. The second kappa shape index (κ2) is 3.62. The summed E-state index contributed by atoms with van der Waals surface area (Å²) in [7, 11) is 0. The average Bonchev–Trinajstić information content (AvgIpc) is 2.71. The summed E-state index contributed by atoms with van der Waals surface area (Å²) in [5.41, 5.74) is 3.75. The van der Waals surface area contributed by atoms with Gasteiger partial charge in [-0.2, -0.15) is 0 Å². The Morgan fingerprint density at radius 3 is 2.60 bits per heavy atom. The van der Waals surface area contributed by atoms with Crippen molar-refractivity contribution in [1.82, 2.24) is 9.55 Å². The maximum atomic E-state index is 10.8. The van der Waals surface area contributed by atoms with E-state index in [1.165, 1.54) is 0 Å². The number of carbonyl (C=O) groups is 1. The van der Waals surface area contributed by atoms with Gasteiger partial charge in [-0.15, -0.1) is 11.3 Å². The molecule has 0 saturated carbocycles. The molecule has 15 heavy (non-hydrogen) atoms. The van der Waals surface area contributed by atoms with Crippen LogP contribution in [0.4, 0.5) is 0 Å². The second-order valence-electron chi connectivity index (χ2n) is 3.55. The van der Waals surface area contributed by atoms with Gasteiger partial charge < -0.3 is 0 Å². The van der Waals surface area contributed by atoms with Crippen molar-refractivity contribution in [1.29, 1.82) is 0 Å². The normalized spacial score (nSPS) is 10.6. The quantitative estimate of drug-likeness (QED) is 0.729. The van der Waals surface area contributed by atoms with E-state index >= 15 is 0 Å². The SMILES string of the molecule is Cc1csc(-n2c(C)cc(C=O)c2C)n1. The third-order valence-electron chi connectivity index (χ3n) is 2.40. The zero-order chi connectivity index (χ0) is 11.0. The molecule has 0 unspecified atom stereocenters. The first-order valence-corrected chi connectivity index (χ1v) is 5.58. The molecule has 0 aliphatic carbocycles. The molecule has 4 heteroatoms. The Labute approximate surface area is 92.4 Å². The van der Waals surface area contributed by atoms with Gasteiger partial charge in [-0.3, -0.25) is 9.36 Å². The molecule has 3 nitrogen and oxygen atoms in total. The van der Waals surface area contributed by atoms with Gasteiger partial charge in [0, 0.05) is 22.3 Å². The standard InChI is InChI=1S/C11H12N2OS/c1-7-6-15-11(12-7)13-8(2)4-10(5-14)9(13)3/h4-6H,1-3H3. The molecule has 0 saturated heterocycles. The zero-order valence-corrected chi connectivity index (χ0v) is 9.76. The van der Waals surface area contributed by atoms with Crippen molar-refractivity contribution in [3.05, 3.63) is 34.1 Å². The van der Waals surface area contributed by atoms with Gasteiger partial charge in [-0.1, -0.05) is 0 Å². The minimum atomic E-state index is 0.736. The van der Waals surface area contributed by atoms with E-state index in [2.05, 4.69) is 4.98 Å². The number of aromatic nitrogens is 2. The van der Waals surface area contributed by atoms with Crippen molar-refractivity contribution in [2.75, 3.05) is 0 Å². The van der Waals surface area contributed by atoms with Crippen LogP contribution in [0, 0.1) is 20.8 Å². The van der Waals surface area contributed by atoms with Crippen molar-refractivity contribution in [2.24, 2.45) is 0 Å². The van der Waals surface area contributed by atoms with Crippen LogP contribution < -0.4 is 0 Å². The Balaban J connectivity index is 2.62. The molecule has 78 valence electrons. The molecule has 0 N–H and O–H groups in total. The van der Waals surface area contributed by atoms with E-state index in [0.29, 0.717) is 0 Å². The molecule has 0 aliphatic rings. The first-order chi connectivity index (χ1) is 7.13. The largest absolute Gasteiger partial charge is 0.298 e. The summed E-state index contributed by atoms with van der Waals surface area (Å²) in [4.78, 5) is 15.2. The number of hydrogen-bond acceptors (Lipinski definition) is 3. The summed E-state index contributed by atoms with van der Waals surface area (Å²) >= 11 is 1.59. The van der Waals surface area contributed by atoms with Crippen molar-refractivity contribution >= 4 is 17.6 Å². The molecule has 0 amide bonds. The summed E-state index contributed by atoms with van der Waals surface area (Å²) in [5, 5.41) is 2.94. The summed E-state index contributed by atoms with van der Waals surface area (Å²) in [5.74, 6) is 0. The third-order valence-corrected chi connectivity index (χ3v) is 3.34. The van der Waals surface area contributed by atoms with Crippen LogP contribution in [0.1, 0.15) is 27.4 Å². The predicted octanol–water partition coefficient (Wildman–Crippen LogP) is 2.67. The van der Waals surface area contributed by atoms with E-state index in [1.54, 1.807) is 11.3 Å². The van der Waals surface area contributed by atoms with Crippen LogP contribution in [0.3, 0.4) is 0 Å². The van der Waals surface area contributed by atoms with Crippen LogP contribution in [0.2, 0.25) is 0 Å². The smallest absolute Gasteiger partial charge is 0.194 e. The molecular weight excluding hydrogens is 208 g/mol. The molecule has 0 atom stereocenters. The number of thiazole rings is 1. The van der Waals surface area contributed by atoms with Crippen molar-refractivity contribution in [2.45, 2.75) is 20.8 Å². The highest BCUT2D eigenvalue weighted by Gasteiger charge is 2.11. The Bertz CT molecular complexity index is 511. The fourth-order valence-corrected chi connectivity index (χ4v) is 2.56. The van der Waals surface area contributed by atoms with Crippen LogP contribution in [0.25, 0.3) is 5.13 Å². The zero-order valence-electron chi connectivity index (χ0n) is 8.94. The lowest BCUT2D eigenvalue weighted by Crippen LogP contribution is -1.98. The van der Waals surface area contributed by atoms with Crippen molar-refractivity contribution < 1.29 is 4.79 Å². The molecule has 0 aliphatic heterocycles. The molecule has 0 fully saturated rings. The Hall–Kier alpha value is -1.42. The van der Waals surface area contributed by atoms with Gasteiger partial charge in [-0.05, 0) is 26.8 Å². The summed E-state index contributed by atoms with van der Waals surface area (Å²) in [6.07, 6.45) is 0.888. The Morgan fingerprint density at radius 1 is 1.40 bits per heavy atom. The van der Waals surface area contributed by atoms with Gasteiger partial charge in [0.25, 0.3) is 0 Å². The number of carbonyl (C=O) groups excluding carboxylic acids is 1. The van der Waals surface area contributed by atoms with E-state index < -0.39 is 0 Å². The van der Waals surface area contributed by atoms with E-state index in [-0.39, 0.29) is 0 Å². The molecule has 2 aromatic heterocycles. The first-order valence-electron chi connectivity index (χ1n) is 4.70. The van der Waals surface area contributed by atoms with E-state index in [0.717, 1.165) is 34.1 Å². The molecule has 0 bridgehead atoms. The number of aryl methyl sites for hydroxylation is 2. The van der Waals surface area contributed by atoms with E-state index in [4.69, 9.17) is 0 Å². The fourth-order valence-electron chi connectivity index (χ4n) is 1.65. The average molecular weight is 220 g/mol. The van der Waals surface area contributed by atoms with Gasteiger partial charge in [-0.25, -0.2) is 4.98 Å². The van der Waals surface area contributed by atoms with Crippen molar-refractivity contribution in [3.63, 3.8) is 0 Å². The van der Waals surface area contributed by atoms with Crippen LogP contribution in [-0.2, 0) is 0 Å². The summed E-state index contributed by atoms with van der Waals surface area (Å²) in [6, 6.07) is 1.89.